The first-order valence-corrected chi connectivity index (χ1v) is 42.5. The molecule has 2 aliphatic carbocycles. The van der Waals surface area contributed by atoms with E-state index >= 15 is 0 Å². The van der Waals surface area contributed by atoms with Crippen LogP contribution in [0.4, 0.5) is 34.1 Å². The van der Waals surface area contributed by atoms with Gasteiger partial charge in [0.1, 0.15) is 0 Å². The van der Waals surface area contributed by atoms with Gasteiger partial charge < -0.3 is 9.80 Å². The van der Waals surface area contributed by atoms with Crippen molar-refractivity contribution in [2.45, 2.75) is 38.5 Å². The van der Waals surface area contributed by atoms with E-state index in [-0.39, 0.29) is 10.8 Å². The predicted molar refractivity (Wildman–Crippen MR) is 507 cm³/mol. The van der Waals surface area contributed by atoms with Crippen LogP contribution in [-0.4, -0.2) is 0 Å². The number of fused-ring (bicyclic) bond motifs is 12. The smallest absolute Gasteiger partial charge is 0.0465 e. The van der Waals surface area contributed by atoms with Crippen molar-refractivity contribution in [1.29, 1.82) is 0 Å². The summed E-state index contributed by atoms with van der Waals surface area (Å²) in [7, 11) is 0. The van der Waals surface area contributed by atoms with Gasteiger partial charge in [-0.3, -0.25) is 0 Å². The van der Waals surface area contributed by atoms with Crippen molar-refractivity contribution in [2.75, 3.05) is 9.80 Å². The van der Waals surface area contributed by atoms with Gasteiger partial charge in [-0.05, 0) is 267 Å². The van der Waals surface area contributed by atoms with Crippen LogP contribution >= 0.6 is 22.7 Å². The molecule has 2 nitrogen and oxygen atoms in total. The molecule has 4 heteroatoms. The summed E-state index contributed by atoms with van der Waals surface area (Å²) in [6.07, 6.45) is 0. The van der Waals surface area contributed by atoms with E-state index in [9.17, 15) is 0 Å². The van der Waals surface area contributed by atoms with Crippen molar-refractivity contribution < 1.29 is 0 Å². The van der Waals surface area contributed by atoms with Crippen LogP contribution in [-0.2, 0) is 10.8 Å². The predicted octanol–water partition coefficient (Wildman–Crippen LogP) is 33.0. The minimum atomic E-state index is -0.107. The minimum absolute atomic E-state index is 0.105. The van der Waals surface area contributed by atoms with Gasteiger partial charge in [-0.1, -0.05) is 319 Å². The monoisotopic (exact) mass is 1540 g/mol. The molecule has 0 radical (unpaired) electrons. The van der Waals surface area contributed by atoms with Gasteiger partial charge in [0.05, 0.1) is 0 Å². The molecule has 0 saturated heterocycles. The molecule has 0 spiro atoms. The average molecular weight is 1540 g/mol. The Balaban J connectivity index is 0.000000147. The fourth-order valence-corrected chi connectivity index (χ4v) is 20.7. The fourth-order valence-electron chi connectivity index (χ4n) is 18.4. The first-order chi connectivity index (χ1) is 58.0. The third-order valence-corrected chi connectivity index (χ3v) is 26.9. The van der Waals surface area contributed by atoms with Crippen molar-refractivity contribution >= 4 is 97.1 Å². The zero-order valence-electron chi connectivity index (χ0n) is 66.1. The molecule has 2 aliphatic rings. The molecular weight excluding hydrogens is 1460 g/mol. The Kier molecular flexibility index (Phi) is 18.1. The largest absolute Gasteiger partial charge is 0.310 e. The topological polar surface area (TPSA) is 6.48 Å². The molecule has 18 aromatic carbocycles. The molecule has 560 valence electrons. The van der Waals surface area contributed by atoms with Crippen molar-refractivity contribution in [1.82, 2.24) is 0 Å². The lowest BCUT2D eigenvalue weighted by Crippen LogP contribution is -2.16. The van der Waals surface area contributed by atoms with Gasteiger partial charge in [-0.2, -0.15) is 0 Å². The summed E-state index contributed by atoms with van der Waals surface area (Å²) in [4.78, 5) is 4.83. The van der Waals surface area contributed by atoms with Crippen LogP contribution in [0.15, 0.2) is 425 Å². The Morgan fingerprint density at radius 2 is 0.458 bits per heavy atom. The van der Waals surface area contributed by atoms with Crippen LogP contribution in [0, 0.1) is 0 Å². The summed E-state index contributed by atoms with van der Waals surface area (Å²) in [5, 5.41) is 5.29. The highest BCUT2D eigenvalue weighted by atomic mass is 32.1. The first kappa shape index (κ1) is 71.8. The Hall–Kier alpha value is -14.0. The van der Waals surface area contributed by atoms with E-state index in [1.165, 1.54) is 174 Å². The van der Waals surface area contributed by atoms with Gasteiger partial charge in [0.15, 0.2) is 0 Å². The number of thiophene rings is 2. The first-order valence-electron chi connectivity index (χ1n) is 40.8. The molecule has 0 amide bonds. The second-order valence-electron chi connectivity index (χ2n) is 32.3. The molecule has 0 fully saturated rings. The maximum Gasteiger partial charge on any atom is 0.0465 e. The van der Waals surface area contributed by atoms with Crippen LogP contribution in [0.3, 0.4) is 0 Å². The Labute approximate surface area is 698 Å². The van der Waals surface area contributed by atoms with Crippen LogP contribution in [0.1, 0.15) is 49.9 Å². The second kappa shape index (κ2) is 29.7. The lowest BCUT2D eigenvalue weighted by Gasteiger charge is -2.28. The van der Waals surface area contributed by atoms with E-state index in [2.05, 4.69) is 462 Å². The number of rotatable bonds is 14. The van der Waals surface area contributed by atoms with Gasteiger partial charge in [-0.25, -0.2) is 0 Å². The molecule has 0 bridgehead atoms. The lowest BCUT2D eigenvalue weighted by molar-refractivity contribution is 0.660. The van der Waals surface area contributed by atoms with E-state index in [1.807, 2.05) is 22.7 Å². The fraction of sp³-hybridized carbons (Fsp3) is 0.0526. The highest BCUT2D eigenvalue weighted by Crippen LogP contribution is 2.54. The second-order valence-corrected chi connectivity index (χ2v) is 34.4. The standard InChI is InChI=1S/2C57H41NS/c1-57(2)53-22-11-9-18-49(53)50-33-32-47(37-54(50)57)58(46-30-26-41(27-31-46)48-20-13-21-52-51-19-10-12-23-55(51)59-56(48)52)45-28-24-40(25-29-45)44-35-42(38-14-5-3-6-15-38)34-43(36-44)39-16-7-4-8-17-39;1-57(2)53-19-11-9-17-49(53)50-31-30-48(37-54(50)57)58(46-26-21-40(22-27-46)42-25-32-56-52(36-42)51-18-10-12-20-55(51)59-56)47-28-23-41(24-29-47)45-34-43(38-13-5-3-6-14-38)33-44(35-45)39-15-7-4-8-16-39/h2*3-37H,1-2H3. The van der Waals surface area contributed by atoms with Crippen LogP contribution in [0.2, 0.25) is 0 Å². The number of hydrogen-bond donors (Lipinski definition) is 0. The van der Waals surface area contributed by atoms with Crippen LogP contribution in [0.5, 0.6) is 0 Å². The summed E-state index contributed by atoms with van der Waals surface area (Å²) in [5.74, 6) is 0. The summed E-state index contributed by atoms with van der Waals surface area (Å²) < 4.78 is 5.32. The average Bonchev–Trinajstić information content (AvgIpc) is 1.58. The van der Waals surface area contributed by atoms with E-state index in [4.69, 9.17) is 0 Å². The maximum absolute atomic E-state index is 2.42. The number of anilines is 6. The third-order valence-electron chi connectivity index (χ3n) is 24.5. The molecule has 118 heavy (non-hydrogen) atoms. The molecule has 0 aliphatic heterocycles. The van der Waals surface area contributed by atoms with E-state index in [0.29, 0.717) is 0 Å². The van der Waals surface area contributed by atoms with Gasteiger partial charge in [0.2, 0.25) is 0 Å². The number of benzene rings is 18. The van der Waals surface area contributed by atoms with Gasteiger partial charge in [0.25, 0.3) is 0 Å². The van der Waals surface area contributed by atoms with Crippen molar-refractivity contribution in [3.05, 3.63) is 447 Å². The molecular formula is C114H82N2S2. The molecule has 0 N–H and O–H groups in total. The molecule has 2 heterocycles. The lowest BCUT2D eigenvalue weighted by atomic mass is 9.82. The molecule has 22 rings (SSSR count). The Morgan fingerprint density at radius 1 is 0.169 bits per heavy atom. The molecule has 0 atom stereocenters. The summed E-state index contributed by atoms with van der Waals surface area (Å²) in [5.41, 5.74) is 36.7. The minimum Gasteiger partial charge on any atom is -0.310 e. The zero-order chi connectivity index (χ0) is 79.0. The maximum atomic E-state index is 2.42. The quantitative estimate of drug-likeness (QED) is 0.107. The normalized spacial score (nSPS) is 12.7. The summed E-state index contributed by atoms with van der Waals surface area (Å²) in [6.45, 7) is 9.43. The van der Waals surface area contributed by atoms with Gasteiger partial charge in [-0.15, -0.1) is 22.7 Å². The SMILES string of the molecule is CC1(C)c2ccccc2-c2ccc(N(c3ccc(-c4cc(-c5ccccc5)cc(-c5ccccc5)c4)cc3)c3ccc(-c4ccc5sc6ccccc6c5c4)cc3)cc21.CC1(C)c2ccccc2-c2ccc(N(c3ccc(-c4cc(-c5ccccc5)cc(-c5ccccc5)c4)cc3)c3ccc(-c4cccc5c4sc4ccccc45)cc3)cc21. The molecule has 20 aromatic rings. The van der Waals surface area contributed by atoms with E-state index < -0.39 is 0 Å². The van der Waals surface area contributed by atoms with E-state index in [0.717, 1.165) is 34.1 Å². The summed E-state index contributed by atoms with van der Waals surface area (Å²) in [6, 6.07) is 156. The summed E-state index contributed by atoms with van der Waals surface area (Å²) >= 11 is 3.74. The number of nitrogens with zero attached hydrogens (tertiary/aromatic N) is 2. The highest BCUT2D eigenvalue weighted by Gasteiger charge is 2.38. The zero-order valence-corrected chi connectivity index (χ0v) is 67.8. The van der Waals surface area contributed by atoms with Gasteiger partial charge >= 0.3 is 0 Å². The van der Waals surface area contributed by atoms with Crippen molar-refractivity contribution in [3.63, 3.8) is 0 Å². The Bertz CT molecular complexity index is 7050. The number of hydrogen-bond acceptors (Lipinski definition) is 4. The van der Waals surface area contributed by atoms with Crippen LogP contribution in [0.25, 0.3) is 152 Å². The highest BCUT2D eigenvalue weighted by molar-refractivity contribution is 7.26. The molecule has 0 saturated carbocycles. The Morgan fingerprint density at radius 3 is 0.873 bits per heavy atom. The molecule has 2 aromatic heterocycles. The van der Waals surface area contributed by atoms with Crippen LogP contribution < -0.4 is 9.80 Å². The van der Waals surface area contributed by atoms with E-state index in [1.54, 1.807) is 0 Å². The third kappa shape index (κ3) is 13.0. The van der Waals surface area contributed by atoms with Gasteiger partial charge in [0, 0.05) is 85.3 Å². The molecule has 0 unspecified atom stereocenters. The van der Waals surface area contributed by atoms with Crippen molar-refractivity contribution in [2.24, 2.45) is 0 Å². The van der Waals surface area contributed by atoms with Crippen molar-refractivity contribution in [3.8, 4) is 111 Å².